The van der Waals surface area contributed by atoms with Crippen molar-refractivity contribution in [3.05, 3.63) is 24.3 Å². The molecule has 1 aliphatic rings. The fourth-order valence-electron chi connectivity index (χ4n) is 2.58. The Morgan fingerprint density at radius 2 is 1.81 bits per heavy atom. The molecular formula is C16H23N3O2. The highest BCUT2D eigenvalue weighted by atomic mass is 16.2. The molecule has 5 nitrogen and oxygen atoms in total. The molecule has 21 heavy (non-hydrogen) atoms. The van der Waals surface area contributed by atoms with E-state index in [4.69, 9.17) is 0 Å². The SMILES string of the molecule is CCCC1NC(=O)C(C)N(c2ccc(N(C)C)cc2)C1=O. The van der Waals surface area contributed by atoms with Crippen molar-refractivity contribution in [1.82, 2.24) is 5.32 Å². The van der Waals surface area contributed by atoms with Gasteiger partial charge in [0, 0.05) is 25.5 Å². The van der Waals surface area contributed by atoms with Crippen molar-refractivity contribution in [1.29, 1.82) is 0 Å². The normalized spacial score (nSPS) is 22.2. The predicted octanol–water partition coefficient (Wildman–Crippen LogP) is 1.77. The monoisotopic (exact) mass is 289 g/mol. The van der Waals surface area contributed by atoms with Crippen LogP contribution < -0.4 is 15.1 Å². The molecular weight excluding hydrogens is 266 g/mol. The summed E-state index contributed by atoms with van der Waals surface area (Å²) in [5.41, 5.74) is 1.83. The van der Waals surface area contributed by atoms with Crippen LogP contribution in [0.4, 0.5) is 11.4 Å². The van der Waals surface area contributed by atoms with Gasteiger partial charge in [-0.05, 0) is 37.6 Å². The quantitative estimate of drug-likeness (QED) is 0.919. The topological polar surface area (TPSA) is 52.7 Å². The van der Waals surface area contributed by atoms with E-state index in [9.17, 15) is 9.59 Å². The summed E-state index contributed by atoms with van der Waals surface area (Å²) in [4.78, 5) is 28.3. The highest BCUT2D eigenvalue weighted by molar-refractivity contribution is 6.08. The van der Waals surface area contributed by atoms with Gasteiger partial charge in [-0.15, -0.1) is 0 Å². The van der Waals surface area contributed by atoms with Crippen LogP contribution in [0.25, 0.3) is 0 Å². The molecule has 0 radical (unpaired) electrons. The van der Waals surface area contributed by atoms with E-state index in [1.54, 1.807) is 11.8 Å². The average molecular weight is 289 g/mol. The molecule has 2 unspecified atom stereocenters. The third-order valence-corrected chi connectivity index (χ3v) is 3.84. The number of carbonyl (C=O) groups excluding carboxylic acids is 2. The molecule has 2 amide bonds. The van der Waals surface area contributed by atoms with Crippen molar-refractivity contribution in [2.24, 2.45) is 0 Å². The van der Waals surface area contributed by atoms with Gasteiger partial charge in [-0.25, -0.2) is 0 Å². The third kappa shape index (κ3) is 3.01. The Morgan fingerprint density at radius 1 is 1.19 bits per heavy atom. The summed E-state index contributed by atoms with van der Waals surface area (Å²) in [6.45, 7) is 3.77. The zero-order valence-electron chi connectivity index (χ0n) is 13.1. The number of rotatable bonds is 4. The predicted molar refractivity (Wildman–Crippen MR) is 84.6 cm³/mol. The van der Waals surface area contributed by atoms with Gasteiger partial charge >= 0.3 is 0 Å². The maximum Gasteiger partial charge on any atom is 0.250 e. The van der Waals surface area contributed by atoms with Crippen LogP contribution >= 0.6 is 0 Å². The zero-order chi connectivity index (χ0) is 15.6. The van der Waals surface area contributed by atoms with Crippen LogP contribution in [0.3, 0.4) is 0 Å². The maximum absolute atomic E-state index is 12.6. The molecule has 114 valence electrons. The highest BCUT2D eigenvalue weighted by Crippen LogP contribution is 2.25. The number of benzene rings is 1. The van der Waals surface area contributed by atoms with E-state index in [0.29, 0.717) is 6.42 Å². The fraction of sp³-hybridized carbons (Fsp3) is 0.500. The van der Waals surface area contributed by atoms with Crippen LogP contribution in [0.5, 0.6) is 0 Å². The summed E-state index contributed by atoms with van der Waals surface area (Å²) in [7, 11) is 3.93. The molecule has 0 saturated carbocycles. The van der Waals surface area contributed by atoms with Crippen molar-refractivity contribution in [3.8, 4) is 0 Å². The summed E-state index contributed by atoms with van der Waals surface area (Å²) in [6.07, 6.45) is 1.53. The Balaban J connectivity index is 2.30. The van der Waals surface area contributed by atoms with Gasteiger partial charge in [0.15, 0.2) is 0 Å². The first-order valence-electron chi connectivity index (χ1n) is 7.36. The number of hydrogen-bond acceptors (Lipinski definition) is 3. The zero-order valence-corrected chi connectivity index (χ0v) is 13.1. The van der Waals surface area contributed by atoms with Crippen molar-refractivity contribution < 1.29 is 9.59 Å². The second kappa shape index (κ2) is 6.16. The van der Waals surface area contributed by atoms with Gasteiger partial charge < -0.3 is 10.2 Å². The Labute approximate surface area is 125 Å². The number of piperazine rings is 1. The number of nitrogens with zero attached hydrogens (tertiary/aromatic N) is 2. The van der Waals surface area contributed by atoms with Crippen LogP contribution in [0.2, 0.25) is 0 Å². The molecule has 1 aromatic carbocycles. The highest BCUT2D eigenvalue weighted by Gasteiger charge is 2.38. The number of anilines is 2. The van der Waals surface area contributed by atoms with Crippen LogP contribution in [-0.2, 0) is 9.59 Å². The Kier molecular flexibility index (Phi) is 4.50. The number of nitrogens with one attached hydrogen (secondary N) is 1. The van der Waals surface area contributed by atoms with Crippen molar-refractivity contribution in [2.45, 2.75) is 38.8 Å². The van der Waals surface area contributed by atoms with E-state index < -0.39 is 12.1 Å². The Hall–Kier alpha value is -2.04. The first-order chi connectivity index (χ1) is 9.95. The van der Waals surface area contributed by atoms with E-state index in [1.807, 2.05) is 50.2 Å². The largest absolute Gasteiger partial charge is 0.378 e. The molecule has 1 aromatic rings. The average Bonchev–Trinajstić information content (AvgIpc) is 2.46. The molecule has 0 bridgehead atoms. The first kappa shape index (κ1) is 15.4. The second-order valence-electron chi connectivity index (χ2n) is 5.64. The van der Waals surface area contributed by atoms with Gasteiger partial charge in [-0.1, -0.05) is 13.3 Å². The minimum absolute atomic E-state index is 0.0263. The molecule has 2 atom stereocenters. The molecule has 5 heteroatoms. The molecule has 1 aliphatic heterocycles. The van der Waals surface area contributed by atoms with Crippen molar-refractivity contribution in [2.75, 3.05) is 23.9 Å². The summed E-state index contributed by atoms with van der Waals surface area (Å²) in [6, 6.07) is 6.81. The van der Waals surface area contributed by atoms with Crippen LogP contribution in [-0.4, -0.2) is 38.0 Å². The Bertz CT molecular complexity index is 525. The first-order valence-corrected chi connectivity index (χ1v) is 7.36. The fourth-order valence-corrected chi connectivity index (χ4v) is 2.58. The lowest BCUT2D eigenvalue weighted by atomic mass is 10.0. The van der Waals surface area contributed by atoms with Crippen LogP contribution in [0, 0.1) is 0 Å². The van der Waals surface area contributed by atoms with Gasteiger partial charge in [0.1, 0.15) is 12.1 Å². The molecule has 1 fully saturated rings. The van der Waals surface area contributed by atoms with E-state index >= 15 is 0 Å². The summed E-state index contributed by atoms with van der Waals surface area (Å²) in [5.74, 6) is -0.119. The second-order valence-corrected chi connectivity index (χ2v) is 5.64. The summed E-state index contributed by atoms with van der Waals surface area (Å²) >= 11 is 0. The molecule has 0 aromatic heterocycles. The van der Waals surface area contributed by atoms with Crippen LogP contribution in [0.1, 0.15) is 26.7 Å². The van der Waals surface area contributed by atoms with E-state index in [2.05, 4.69) is 5.32 Å². The smallest absolute Gasteiger partial charge is 0.250 e. The van der Waals surface area contributed by atoms with Crippen molar-refractivity contribution >= 4 is 23.2 Å². The van der Waals surface area contributed by atoms with Gasteiger partial charge in [0.25, 0.3) is 0 Å². The van der Waals surface area contributed by atoms with Gasteiger partial charge in [0.2, 0.25) is 11.8 Å². The maximum atomic E-state index is 12.6. The molecule has 2 rings (SSSR count). The third-order valence-electron chi connectivity index (χ3n) is 3.84. The number of amides is 2. The van der Waals surface area contributed by atoms with Crippen molar-refractivity contribution in [3.63, 3.8) is 0 Å². The number of hydrogen-bond donors (Lipinski definition) is 1. The van der Waals surface area contributed by atoms with E-state index in [0.717, 1.165) is 17.8 Å². The van der Waals surface area contributed by atoms with E-state index in [-0.39, 0.29) is 11.8 Å². The molecule has 1 saturated heterocycles. The summed E-state index contributed by atoms with van der Waals surface area (Å²) in [5, 5.41) is 2.81. The van der Waals surface area contributed by atoms with E-state index in [1.165, 1.54) is 0 Å². The van der Waals surface area contributed by atoms with Gasteiger partial charge in [-0.3, -0.25) is 14.5 Å². The molecule has 0 spiro atoms. The lowest BCUT2D eigenvalue weighted by molar-refractivity contribution is -0.133. The minimum Gasteiger partial charge on any atom is -0.378 e. The number of carbonyl (C=O) groups is 2. The van der Waals surface area contributed by atoms with Gasteiger partial charge in [0.05, 0.1) is 0 Å². The molecule has 1 N–H and O–H groups in total. The lowest BCUT2D eigenvalue weighted by Gasteiger charge is -2.37. The lowest BCUT2D eigenvalue weighted by Crippen LogP contribution is -2.62. The minimum atomic E-state index is -0.476. The molecule has 0 aliphatic carbocycles. The molecule has 1 heterocycles. The van der Waals surface area contributed by atoms with Crippen LogP contribution in [0.15, 0.2) is 24.3 Å². The standard InChI is InChI=1S/C16H23N3O2/c1-5-6-14-16(21)19(11(2)15(20)17-14)13-9-7-12(8-10-13)18(3)4/h7-11,14H,5-6H2,1-4H3,(H,17,20). The van der Waals surface area contributed by atoms with Gasteiger partial charge in [-0.2, -0.15) is 0 Å². The summed E-state index contributed by atoms with van der Waals surface area (Å²) < 4.78 is 0. The Morgan fingerprint density at radius 3 is 2.33 bits per heavy atom.